The van der Waals surface area contributed by atoms with E-state index in [1.54, 1.807) is 42.2 Å². The van der Waals surface area contributed by atoms with Crippen LogP contribution in [0.15, 0.2) is 30.7 Å². The van der Waals surface area contributed by atoms with Gasteiger partial charge < -0.3 is 5.32 Å². The number of hydrogen-bond donors (Lipinski definition) is 1. The molecule has 0 saturated heterocycles. The Bertz CT molecular complexity index is 768. The lowest BCUT2D eigenvalue weighted by atomic mass is 10.3. The van der Waals surface area contributed by atoms with Crippen LogP contribution in [0.2, 0.25) is 0 Å². The molecule has 0 unspecified atom stereocenters. The maximum absolute atomic E-state index is 12.0. The second-order valence-corrected chi connectivity index (χ2v) is 7.04. The monoisotopic (exact) mass is 322 g/mol. The van der Waals surface area contributed by atoms with Crippen LogP contribution in [0.4, 0.5) is 5.69 Å². The fourth-order valence-corrected chi connectivity index (χ4v) is 3.30. The van der Waals surface area contributed by atoms with E-state index in [9.17, 15) is 13.2 Å². The molecule has 0 bridgehead atoms. The highest BCUT2D eigenvalue weighted by molar-refractivity contribution is 7.92. The number of imidazole rings is 1. The van der Waals surface area contributed by atoms with Gasteiger partial charge in [0, 0.05) is 18.6 Å². The van der Waals surface area contributed by atoms with Gasteiger partial charge in [0.2, 0.25) is 5.91 Å². The van der Waals surface area contributed by atoms with E-state index in [4.69, 9.17) is 0 Å². The number of rotatable bonds is 6. The van der Waals surface area contributed by atoms with Crippen molar-refractivity contribution in [3.05, 3.63) is 36.5 Å². The van der Waals surface area contributed by atoms with Gasteiger partial charge >= 0.3 is 0 Å². The third kappa shape index (κ3) is 3.91. The van der Waals surface area contributed by atoms with Crippen LogP contribution in [0.5, 0.6) is 0 Å². The molecule has 0 fully saturated rings. The highest BCUT2D eigenvalue weighted by Crippen LogP contribution is 2.18. The summed E-state index contributed by atoms with van der Waals surface area (Å²) in [6.07, 6.45) is 5.43. The second-order valence-electron chi connectivity index (χ2n) is 4.86. The molecular weight excluding hydrogens is 304 g/mol. The highest BCUT2D eigenvalue weighted by atomic mass is 32.2. The van der Waals surface area contributed by atoms with Gasteiger partial charge in [-0.15, -0.1) is 0 Å². The van der Waals surface area contributed by atoms with Gasteiger partial charge in [-0.05, 0) is 25.5 Å². The molecule has 2 rings (SSSR count). The van der Waals surface area contributed by atoms with E-state index in [-0.39, 0.29) is 5.75 Å². The van der Waals surface area contributed by atoms with Gasteiger partial charge in [0.05, 0.1) is 11.4 Å². The van der Waals surface area contributed by atoms with Gasteiger partial charge in [0.25, 0.3) is 0 Å². The summed E-state index contributed by atoms with van der Waals surface area (Å²) in [7, 11) is -3.38. The number of carbonyl (C=O) groups excluding carboxylic acids is 1. The number of carbonyl (C=O) groups is 1. The summed E-state index contributed by atoms with van der Waals surface area (Å²) in [6, 6.07) is 3.35. The number of hydrogen-bond acceptors (Lipinski definition) is 5. The van der Waals surface area contributed by atoms with Gasteiger partial charge in [-0.3, -0.25) is 9.36 Å². The standard InChI is InChI=1S/C14H18N4O3S/c1-3-9-22(20,21)10-13(19)17-12-5-4-6-16-14(12)18-8-7-15-11(18)2/h4-8H,3,9-10H2,1-2H3,(H,17,19). The third-order valence-electron chi connectivity index (χ3n) is 2.98. The minimum Gasteiger partial charge on any atom is -0.322 e. The Labute approximate surface area is 129 Å². The zero-order chi connectivity index (χ0) is 16.2. The van der Waals surface area contributed by atoms with Crippen molar-refractivity contribution >= 4 is 21.4 Å². The Morgan fingerprint density at radius 2 is 2.09 bits per heavy atom. The zero-order valence-electron chi connectivity index (χ0n) is 12.5. The minimum absolute atomic E-state index is 0.000938. The van der Waals surface area contributed by atoms with Crippen molar-refractivity contribution in [1.29, 1.82) is 0 Å². The topological polar surface area (TPSA) is 94.0 Å². The molecule has 2 aromatic heterocycles. The molecule has 0 saturated carbocycles. The molecule has 8 heteroatoms. The average Bonchev–Trinajstić information content (AvgIpc) is 2.84. The Balaban J connectivity index is 2.21. The SMILES string of the molecule is CCCS(=O)(=O)CC(=O)Nc1cccnc1-n1ccnc1C. The smallest absolute Gasteiger partial charge is 0.239 e. The van der Waals surface area contributed by atoms with Gasteiger partial charge in [0.15, 0.2) is 15.7 Å². The molecule has 1 amide bonds. The quantitative estimate of drug-likeness (QED) is 0.866. The molecular formula is C14H18N4O3S. The molecule has 0 aliphatic carbocycles. The summed E-state index contributed by atoms with van der Waals surface area (Å²) in [4.78, 5) is 20.3. The van der Waals surface area contributed by atoms with E-state index in [0.717, 1.165) is 0 Å². The maximum Gasteiger partial charge on any atom is 0.239 e. The van der Waals surface area contributed by atoms with E-state index in [1.807, 2.05) is 6.92 Å². The minimum atomic E-state index is -3.38. The Kier molecular flexibility index (Phi) is 4.92. The first kappa shape index (κ1) is 16.2. The fourth-order valence-electron chi connectivity index (χ4n) is 2.06. The first-order chi connectivity index (χ1) is 10.4. The number of nitrogens with zero attached hydrogens (tertiary/aromatic N) is 3. The maximum atomic E-state index is 12.0. The number of pyridine rings is 1. The molecule has 0 aliphatic rings. The predicted molar refractivity (Wildman–Crippen MR) is 83.7 cm³/mol. The van der Waals surface area contributed by atoms with Crippen molar-refractivity contribution in [2.45, 2.75) is 20.3 Å². The molecule has 1 N–H and O–H groups in total. The molecule has 22 heavy (non-hydrogen) atoms. The van der Waals surface area contributed by atoms with Gasteiger partial charge in [-0.1, -0.05) is 6.92 Å². The van der Waals surface area contributed by atoms with Crippen LogP contribution in [-0.2, 0) is 14.6 Å². The van der Waals surface area contributed by atoms with Crippen LogP contribution in [0.1, 0.15) is 19.2 Å². The van der Waals surface area contributed by atoms with E-state index < -0.39 is 21.5 Å². The van der Waals surface area contributed by atoms with Crippen molar-refractivity contribution in [1.82, 2.24) is 14.5 Å². The summed E-state index contributed by atoms with van der Waals surface area (Å²) in [5.74, 6) is 0.117. The molecule has 2 aromatic rings. The Morgan fingerprint density at radius 1 is 1.32 bits per heavy atom. The number of amides is 1. The third-order valence-corrected chi connectivity index (χ3v) is 4.71. The molecule has 0 aliphatic heterocycles. The van der Waals surface area contributed by atoms with Gasteiger partial charge in [0.1, 0.15) is 11.6 Å². The van der Waals surface area contributed by atoms with E-state index in [0.29, 0.717) is 23.8 Å². The summed E-state index contributed by atoms with van der Waals surface area (Å²) < 4.78 is 25.1. The van der Waals surface area contributed by atoms with Crippen LogP contribution in [0, 0.1) is 6.92 Å². The number of anilines is 1. The van der Waals surface area contributed by atoms with Crippen LogP contribution in [0.3, 0.4) is 0 Å². The summed E-state index contributed by atoms with van der Waals surface area (Å²) in [6.45, 7) is 3.57. The first-order valence-electron chi connectivity index (χ1n) is 6.88. The largest absolute Gasteiger partial charge is 0.322 e. The summed E-state index contributed by atoms with van der Waals surface area (Å²) in [5.41, 5.74) is 0.445. The highest BCUT2D eigenvalue weighted by Gasteiger charge is 2.17. The van der Waals surface area contributed by atoms with Crippen molar-refractivity contribution in [3.8, 4) is 5.82 Å². The molecule has 0 atom stereocenters. The van der Waals surface area contributed by atoms with Crippen LogP contribution < -0.4 is 5.32 Å². The molecule has 0 radical (unpaired) electrons. The predicted octanol–water partition coefficient (Wildman–Crippen LogP) is 1.34. The number of nitrogens with one attached hydrogen (secondary N) is 1. The summed E-state index contributed by atoms with van der Waals surface area (Å²) in [5, 5.41) is 2.61. The first-order valence-corrected chi connectivity index (χ1v) is 8.70. The van der Waals surface area contributed by atoms with Crippen LogP contribution in [-0.4, -0.2) is 40.4 Å². The summed E-state index contributed by atoms with van der Waals surface area (Å²) >= 11 is 0. The molecule has 2 heterocycles. The second kappa shape index (κ2) is 6.69. The number of aromatic nitrogens is 3. The van der Waals surface area contributed by atoms with Crippen LogP contribution in [0.25, 0.3) is 5.82 Å². The van der Waals surface area contributed by atoms with Gasteiger partial charge in [-0.2, -0.15) is 0 Å². The van der Waals surface area contributed by atoms with Crippen LogP contribution >= 0.6 is 0 Å². The van der Waals surface area contributed by atoms with Crippen molar-refractivity contribution < 1.29 is 13.2 Å². The number of aryl methyl sites for hydroxylation is 1. The zero-order valence-corrected chi connectivity index (χ0v) is 13.3. The van der Waals surface area contributed by atoms with Crippen molar-refractivity contribution in [2.75, 3.05) is 16.8 Å². The van der Waals surface area contributed by atoms with E-state index in [1.165, 1.54) is 0 Å². The lowest BCUT2D eigenvalue weighted by Crippen LogP contribution is -2.25. The number of sulfone groups is 1. The normalized spacial score (nSPS) is 11.4. The van der Waals surface area contributed by atoms with E-state index >= 15 is 0 Å². The lowest BCUT2D eigenvalue weighted by Gasteiger charge is -2.11. The Hall–Kier alpha value is -2.22. The fraction of sp³-hybridized carbons (Fsp3) is 0.357. The average molecular weight is 322 g/mol. The van der Waals surface area contributed by atoms with Crippen molar-refractivity contribution in [2.24, 2.45) is 0 Å². The van der Waals surface area contributed by atoms with E-state index in [2.05, 4.69) is 15.3 Å². The lowest BCUT2D eigenvalue weighted by molar-refractivity contribution is -0.113. The molecule has 0 spiro atoms. The Morgan fingerprint density at radius 3 is 2.73 bits per heavy atom. The molecule has 7 nitrogen and oxygen atoms in total. The van der Waals surface area contributed by atoms with Crippen molar-refractivity contribution in [3.63, 3.8) is 0 Å². The molecule has 118 valence electrons. The van der Waals surface area contributed by atoms with Gasteiger partial charge in [-0.25, -0.2) is 18.4 Å². The molecule has 0 aromatic carbocycles.